The van der Waals surface area contributed by atoms with Gasteiger partial charge in [0.05, 0.1) is 28.9 Å². The highest BCUT2D eigenvalue weighted by atomic mass is 35.5. The van der Waals surface area contributed by atoms with E-state index < -0.39 is 5.41 Å². The summed E-state index contributed by atoms with van der Waals surface area (Å²) in [5, 5.41) is 0. The van der Waals surface area contributed by atoms with Gasteiger partial charge in [0, 0.05) is 6.54 Å². The molecular formula is C17H23ClN2O2. The Morgan fingerprint density at radius 2 is 2.00 bits per heavy atom. The van der Waals surface area contributed by atoms with Gasteiger partial charge in [-0.3, -0.25) is 4.79 Å². The van der Waals surface area contributed by atoms with Gasteiger partial charge in [0.15, 0.2) is 0 Å². The van der Waals surface area contributed by atoms with Crippen molar-refractivity contribution in [2.45, 2.75) is 46.0 Å². The van der Waals surface area contributed by atoms with Gasteiger partial charge >= 0.3 is 5.97 Å². The van der Waals surface area contributed by atoms with E-state index in [1.54, 1.807) is 0 Å². The zero-order valence-electron chi connectivity index (χ0n) is 13.4. The van der Waals surface area contributed by atoms with Crippen molar-refractivity contribution in [3.8, 4) is 0 Å². The number of esters is 1. The number of halogens is 1. The number of alkyl halides is 1. The minimum absolute atomic E-state index is 0.151. The third-order valence-corrected chi connectivity index (χ3v) is 3.71. The Hall–Kier alpha value is -1.55. The van der Waals surface area contributed by atoms with Crippen molar-refractivity contribution >= 4 is 28.6 Å². The third-order valence-electron chi connectivity index (χ3n) is 3.47. The summed E-state index contributed by atoms with van der Waals surface area (Å²) in [6.45, 7) is 6.87. The predicted molar refractivity (Wildman–Crippen MR) is 88.9 cm³/mol. The van der Waals surface area contributed by atoms with Gasteiger partial charge < -0.3 is 9.30 Å². The Bertz CT molecular complexity index is 644. The second-order valence-electron chi connectivity index (χ2n) is 6.40. The van der Waals surface area contributed by atoms with Gasteiger partial charge in [0.1, 0.15) is 5.82 Å². The summed E-state index contributed by atoms with van der Waals surface area (Å²) in [6.07, 6.45) is 1.75. The summed E-state index contributed by atoms with van der Waals surface area (Å²) < 4.78 is 7.43. The fourth-order valence-corrected chi connectivity index (χ4v) is 2.43. The molecule has 1 heterocycles. The molecule has 0 saturated heterocycles. The van der Waals surface area contributed by atoms with Crippen molar-refractivity contribution in [2.75, 3.05) is 6.61 Å². The number of carbonyl (C=O) groups is 1. The van der Waals surface area contributed by atoms with Crippen LogP contribution in [0.5, 0.6) is 0 Å². The zero-order chi connectivity index (χ0) is 16.2. The minimum atomic E-state index is -0.438. The first-order valence-electron chi connectivity index (χ1n) is 7.61. The maximum atomic E-state index is 11.7. The van der Waals surface area contributed by atoms with Crippen molar-refractivity contribution in [3.63, 3.8) is 0 Å². The highest BCUT2D eigenvalue weighted by Crippen LogP contribution is 2.19. The van der Waals surface area contributed by atoms with Crippen LogP contribution in [-0.2, 0) is 22.0 Å². The summed E-state index contributed by atoms with van der Waals surface area (Å²) >= 11 is 5.98. The number of rotatable bonds is 6. The molecule has 22 heavy (non-hydrogen) atoms. The SMILES string of the molecule is CC(C)(C)C(=O)OCCCCn1c(CCl)nc2ccccc21. The maximum absolute atomic E-state index is 11.7. The highest BCUT2D eigenvalue weighted by Gasteiger charge is 2.22. The smallest absolute Gasteiger partial charge is 0.311 e. The van der Waals surface area contributed by atoms with Gasteiger partial charge in [0.2, 0.25) is 0 Å². The average molecular weight is 323 g/mol. The van der Waals surface area contributed by atoms with Crippen LogP contribution in [0.1, 0.15) is 39.4 Å². The third kappa shape index (κ3) is 4.01. The first-order chi connectivity index (χ1) is 10.4. The number of aromatic nitrogens is 2. The number of aryl methyl sites for hydroxylation is 1. The van der Waals surface area contributed by atoms with Gasteiger partial charge in [-0.15, -0.1) is 11.6 Å². The predicted octanol–water partition coefficient (Wildman–Crippen LogP) is 4.14. The van der Waals surface area contributed by atoms with Crippen LogP contribution < -0.4 is 0 Å². The lowest BCUT2D eigenvalue weighted by Crippen LogP contribution is -2.23. The van der Waals surface area contributed by atoms with Crippen molar-refractivity contribution < 1.29 is 9.53 Å². The lowest BCUT2D eigenvalue weighted by molar-refractivity contribution is -0.153. The number of hydrogen-bond donors (Lipinski definition) is 0. The van der Waals surface area contributed by atoms with Crippen LogP contribution in [0.4, 0.5) is 0 Å². The van der Waals surface area contributed by atoms with E-state index in [1.807, 2.05) is 39.0 Å². The van der Waals surface area contributed by atoms with E-state index in [0.717, 1.165) is 36.2 Å². The highest BCUT2D eigenvalue weighted by molar-refractivity contribution is 6.16. The second-order valence-corrected chi connectivity index (χ2v) is 6.66. The molecule has 1 aromatic heterocycles. The molecular weight excluding hydrogens is 300 g/mol. The summed E-state index contributed by atoms with van der Waals surface area (Å²) in [4.78, 5) is 16.2. The van der Waals surface area contributed by atoms with Crippen LogP contribution in [-0.4, -0.2) is 22.1 Å². The first-order valence-corrected chi connectivity index (χ1v) is 8.14. The van der Waals surface area contributed by atoms with E-state index >= 15 is 0 Å². The molecule has 0 amide bonds. The molecule has 4 nitrogen and oxygen atoms in total. The number of ether oxygens (including phenoxy) is 1. The van der Waals surface area contributed by atoms with Crippen molar-refractivity contribution in [1.82, 2.24) is 9.55 Å². The summed E-state index contributed by atoms with van der Waals surface area (Å²) in [7, 11) is 0. The van der Waals surface area contributed by atoms with Crippen molar-refractivity contribution in [3.05, 3.63) is 30.1 Å². The van der Waals surface area contributed by atoms with E-state index in [1.165, 1.54) is 0 Å². The van der Waals surface area contributed by atoms with Gasteiger partial charge in [-0.1, -0.05) is 12.1 Å². The Morgan fingerprint density at radius 3 is 2.68 bits per heavy atom. The number of nitrogens with zero attached hydrogens (tertiary/aromatic N) is 2. The number of carbonyl (C=O) groups excluding carboxylic acids is 1. The molecule has 0 aliphatic carbocycles. The van der Waals surface area contributed by atoms with Gasteiger partial charge in [-0.2, -0.15) is 0 Å². The van der Waals surface area contributed by atoms with Gasteiger partial charge in [-0.25, -0.2) is 4.98 Å². The summed E-state index contributed by atoms with van der Waals surface area (Å²) in [5.74, 6) is 1.13. The van der Waals surface area contributed by atoms with Crippen LogP contribution in [0.2, 0.25) is 0 Å². The average Bonchev–Trinajstić information content (AvgIpc) is 2.83. The largest absolute Gasteiger partial charge is 0.465 e. The van der Waals surface area contributed by atoms with Crippen LogP contribution in [0.25, 0.3) is 11.0 Å². The number of para-hydroxylation sites is 2. The Morgan fingerprint density at radius 1 is 1.27 bits per heavy atom. The fourth-order valence-electron chi connectivity index (χ4n) is 2.23. The van der Waals surface area contributed by atoms with E-state index in [2.05, 4.69) is 15.6 Å². The van der Waals surface area contributed by atoms with E-state index in [0.29, 0.717) is 12.5 Å². The summed E-state index contributed by atoms with van der Waals surface area (Å²) in [5.41, 5.74) is 1.63. The molecule has 5 heteroatoms. The van der Waals surface area contributed by atoms with E-state index in [9.17, 15) is 4.79 Å². The van der Waals surface area contributed by atoms with Gasteiger partial charge in [0.25, 0.3) is 0 Å². The van der Waals surface area contributed by atoms with Crippen molar-refractivity contribution in [1.29, 1.82) is 0 Å². The van der Waals surface area contributed by atoms with E-state index in [4.69, 9.17) is 16.3 Å². The molecule has 0 bridgehead atoms. The lowest BCUT2D eigenvalue weighted by Gasteiger charge is -2.16. The van der Waals surface area contributed by atoms with Crippen LogP contribution in [0, 0.1) is 5.41 Å². The monoisotopic (exact) mass is 322 g/mol. The maximum Gasteiger partial charge on any atom is 0.311 e. The molecule has 0 spiro atoms. The molecule has 2 rings (SSSR count). The number of imidazole rings is 1. The van der Waals surface area contributed by atoms with Crippen LogP contribution in [0.3, 0.4) is 0 Å². The quantitative estimate of drug-likeness (QED) is 0.456. The minimum Gasteiger partial charge on any atom is -0.465 e. The molecule has 0 aliphatic heterocycles. The molecule has 0 unspecified atom stereocenters. The first kappa shape index (κ1) is 16.8. The molecule has 120 valence electrons. The van der Waals surface area contributed by atoms with Crippen LogP contribution in [0.15, 0.2) is 24.3 Å². The normalized spacial score (nSPS) is 11.8. The number of unbranched alkanes of at least 4 members (excludes halogenated alkanes) is 1. The summed E-state index contributed by atoms with van der Waals surface area (Å²) in [6, 6.07) is 8.03. The van der Waals surface area contributed by atoms with E-state index in [-0.39, 0.29) is 5.97 Å². The van der Waals surface area contributed by atoms with Crippen molar-refractivity contribution in [2.24, 2.45) is 5.41 Å². The number of hydrogen-bond acceptors (Lipinski definition) is 3. The standard InChI is InChI=1S/C17H23ClN2O2/c1-17(2,3)16(21)22-11-7-6-10-20-14-9-5-4-8-13(14)19-15(20)12-18/h4-5,8-9H,6-7,10-12H2,1-3H3. The lowest BCUT2D eigenvalue weighted by atomic mass is 9.97. The fraction of sp³-hybridized carbons (Fsp3) is 0.529. The topological polar surface area (TPSA) is 44.1 Å². The Labute approximate surface area is 136 Å². The number of fused-ring (bicyclic) bond motifs is 1. The molecule has 0 aliphatic rings. The molecule has 0 fully saturated rings. The molecule has 1 aromatic carbocycles. The zero-order valence-corrected chi connectivity index (χ0v) is 14.2. The molecule has 0 radical (unpaired) electrons. The molecule has 2 aromatic rings. The molecule has 0 atom stereocenters. The molecule has 0 saturated carbocycles. The Balaban J connectivity index is 1.89. The Kier molecular flexibility index (Phi) is 5.46. The second kappa shape index (κ2) is 7.14. The molecule has 0 N–H and O–H groups in total. The number of benzene rings is 1. The van der Waals surface area contributed by atoms with Crippen LogP contribution >= 0.6 is 11.6 Å². The van der Waals surface area contributed by atoms with Gasteiger partial charge in [-0.05, 0) is 45.7 Å².